The van der Waals surface area contributed by atoms with E-state index >= 15 is 0 Å². The van der Waals surface area contributed by atoms with Gasteiger partial charge in [0.25, 0.3) is 5.56 Å². The molecule has 0 fully saturated rings. The molecule has 1 N–H and O–H groups in total. The Bertz CT molecular complexity index is 648. The third kappa shape index (κ3) is 4.02. The molecule has 4 heteroatoms. The van der Waals surface area contributed by atoms with Crippen LogP contribution in [0.25, 0.3) is 0 Å². The van der Waals surface area contributed by atoms with Crippen molar-refractivity contribution in [3.63, 3.8) is 0 Å². The minimum absolute atomic E-state index is 0.0492. The molecule has 0 aliphatic heterocycles. The molecule has 0 aliphatic rings. The van der Waals surface area contributed by atoms with Gasteiger partial charge in [0.1, 0.15) is 0 Å². The van der Waals surface area contributed by atoms with Gasteiger partial charge in [-0.1, -0.05) is 31.2 Å². The van der Waals surface area contributed by atoms with Crippen LogP contribution in [0.3, 0.4) is 0 Å². The summed E-state index contributed by atoms with van der Waals surface area (Å²) in [5.41, 5.74) is 3.29. The molecule has 0 bridgehead atoms. The highest BCUT2D eigenvalue weighted by Gasteiger charge is 2.14. The van der Waals surface area contributed by atoms with E-state index in [1.165, 1.54) is 15.8 Å². The molecule has 0 radical (unpaired) electrons. The second-order valence-electron chi connectivity index (χ2n) is 5.42. The Morgan fingerprint density at radius 1 is 1.29 bits per heavy atom. The largest absolute Gasteiger partial charge is 0.308 e. The van der Waals surface area contributed by atoms with E-state index in [2.05, 4.69) is 36.4 Å². The quantitative estimate of drug-likeness (QED) is 0.887. The molecule has 0 saturated carbocycles. The Balaban J connectivity index is 2.28. The molecule has 1 unspecified atom stereocenters. The van der Waals surface area contributed by atoms with Gasteiger partial charge in [-0.15, -0.1) is 0 Å². The minimum atomic E-state index is -0.0492. The highest BCUT2D eigenvalue weighted by Crippen LogP contribution is 2.18. The van der Waals surface area contributed by atoms with Crippen LogP contribution in [0, 0.1) is 13.8 Å². The molecule has 0 aliphatic carbocycles. The van der Waals surface area contributed by atoms with E-state index in [-0.39, 0.29) is 11.6 Å². The summed E-state index contributed by atoms with van der Waals surface area (Å²) >= 11 is 0. The summed E-state index contributed by atoms with van der Waals surface area (Å²) in [4.78, 5) is 12.0. The minimum Gasteiger partial charge on any atom is -0.308 e. The maximum atomic E-state index is 12.0. The lowest BCUT2D eigenvalue weighted by Gasteiger charge is -2.21. The SMILES string of the molecule is CCCNC(Cn1ncc(C)cc1=O)c1ccccc1C. The highest BCUT2D eigenvalue weighted by molar-refractivity contribution is 5.28. The average molecular weight is 285 g/mol. The predicted molar refractivity (Wildman–Crippen MR) is 85.4 cm³/mol. The van der Waals surface area contributed by atoms with Gasteiger partial charge in [0.05, 0.1) is 18.8 Å². The second-order valence-corrected chi connectivity index (χ2v) is 5.42. The molecule has 21 heavy (non-hydrogen) atoms. The fraction of sp³-hybridized carbons (Fsp3) is 0.412. The Kier molecular flexibility index (Phi) is 5.28. The third-order valence-corrected chi connectivity index (χ3v) is 3.57. The Hall–Kier alpha value is -1.94. The van der Waals surface area contributed by atoms with E-state index in [9.17, 15) is 4.79 Å². The molecule has 112 valence electrons. The van der Waals surface area contributed by atoms with E-state index in [4.69, 9.17) is 0 Å². The van der Waals surface area contributed by atoms with Crippen LogP contribution in [0.1, 0.15) is 36.1 Å². The molecule has 1 heterocycles. The van der Waals surface area contributed by atoms with Crippen LogP contribution in [-0.2, 0) is 6.54 Å². The van der Waals surface area contributed by atoms with Gasteiger partial charge >= 0.3 is 0 Å². The summed E-state index contributed by atoms with van der Waals surface area (Å²) in [6.07, 6.45) is 2.79. The average Bonchev–Trinajstić information content (AvgIpc) is 2.46. The molecule has 2 aromatic rings. The monoisotopic (exact) mass is 285 g/mol. The molecule has 0 saturated heterocycles. The number of nitrogens with zero attached hydrogens (tertiary/aromatic N) is 2. The van der Waals surface area contributed by atoms with Crippen molar-refractivity contribution in [2.24, 2.45) is 0 Å². The lowest BCUT2D eigenvalue weighted by molar-refractivity contribution is 0.424. The van der Waals surface area contributed by atoms with Crippen molar-refractivity contribution in [3.8, 4) is 0 Å². The van der Waals surface area contributed by atoms with Crippen molar-refractivity contribution < 1.29 is 0 Å². The van der Waals surface area contributed by atoms with Crippen molar-refractivity contribution >= 4 is 0 Å². The number of aromatic nitrogens is 2. The fourth-order valence-electron chi connectivity index (χ4n) is 2.40. The molecular weight excluding hydrogens is 262 g/mol. The first kappa shape index (κ1) is 15.4. The zero-order valence-electron chi connectivity index (χ0n) is 13.0. The molecule has 1 atom stereocenters. The van der Waals surface area contributed by atoms with Crippen molar-refractivity contribution in [2.75, 3.05) is 6.54 Å². The third-order valence-electron chi connectivity index (χ3n) is 3.57. The van der Waals surface area contributed by atoms with Crippen LogP contribution in [0.15, 0.2) is 41.3 Å². The van der Waals surface area contributed by atoms with Crippen molar-refractivity contribution in [1.29, 1.82) is 0 Å². The van der Waals surface area contributed by atoms with Crippen LogP contribution >= 0.6 is 0 Å². The van der Waals surface area contributed by atoms with Crippen molar-refractivity contribution in [2.45, 2.75) is 39.8 Å². The molecule has 4 nitrogen and oxygen atoms in total. The molecule has 2 rings (SSSR count). The molecule has 0 amide bonds. The van der Waals surface area contributed by atoms with Gasteiger partial charge in [-0.3, -0.25) is 4.79 Å². The maximum Gasteiger partial charge on any atom is 0.267 e. The fourth-order valence-corrected chi connectivity index (χ4v) is 2.40. The first-order chi connectivity index (χ1) is 10.1. The molecule has 1 aromatic heterocycles. The van der Waals surface area contributed by atoms with Crippen LogP contribution < -0.4 is 10.9 Å². The van der Waals surface area contributed by atoms with Gasteiger partial charge < -0.3 is 5.32 Å². The summed E-state index contributed by atoms with van der Waals surface area (Å²) in [6.45, 7) is 7.58. The normalized spacial score (nSPS) is 12.3. The summed E-state index contributed by atoms with van der Waals surface area (Å²) in [7, 11) is 0. The Morgan fingerprint density at radius 3 is 2.71 bits per heavy atom. The van der Waals surface area contributed by atoms with Crippen LogP contribution in [-0.4, -0.2) is 16.3 Å². The van der Waals surface area contributed by atoms with E-state index in [1.807, 2.05) is 19.1 Å². The first-order valence-corrected chi connectivity index (χ1v) is 7.44. The van der Waals surface area contributed by atoms with Crippen LogP contribution in [0.4, 0.5) is 0 Å². The zero-order chi connectivity index (χ0) is 15.2. The number of aryl methyl sites for hydroxylation is 2. The summed E-state index contributed by atoms with van der Waals surface area (Å²) < 4.78 is 1.53. The zero-order valence-corrected chi connectivity index (χ0v) is 13.0. The van der Waals surface area contributed by atoms with Gasteiger partial charge in [-0.25, -0.2) is 4.68 Å². The van der Waals surface area contributed by atoms with E-state index < -0.39 is 0 Å². The van der Waals surface area contributed by atoms with Gasteiger partial charge in [-0.05, 0) is 43.5 Å². The van der Waals surface area contributed by atoms with Gasteiger partial charge in [-0.2, -0.15) is 5.10 Å². The number of nitrogens with one attached hydrogen (secondary N) is 1. The Labute approximate surface area is 125 Å². The van der Waals surface area contributed by atoms with E-state index in [1.54, 1.807) is 12.3 Å². The number of rotatable bonds is 6. The highest BCUT2D eigenvalue weighted by atomic mass is 16.1. The van der Waals surface area contributed by atoms with Gasteiger partial charge in [0.15, 0.2) is 0 Å². The standard InChI is InChI=1S/C17H23N3O/c1-4-9-18-16(15-8-6-5-7-14(15)3)12-20-17(21)10-13(2)11-19-20/h5-8,10-11,16,18H,4,9,12H2,1-3H3. The summed E-state index contributed by atoms with van der Waals surface area (Å²) in [6, 6.07) is 10.0. The van der Waals surface area contributed by atoms with Crippen LogP contribution in [0.2, 0.25) is 0 Å². The van der Waals surface area contributed by atoms with Crippen molar-refractivity contribution in [3.05, 3.63) is 63.6 Å². The molecule has 1 aromatic carbocycles. The number of hydrogen-bond acceptors (Lipinski definition) is 3. The smallest absolute Gasteiger partial charge is 0.267 e. The topological polar surface area (TPSA) is 46.9 Å². The second kappa shape index (κ2) is 7.18. The lowest BCUT2D eigenvalue weighted by Crippen LogP contribution is -2.32. The van der Waals surface area contributed by atoms with Gasteiger partial charge in [0, 0.05) is 6.07 Å². The number of benzene rings is 1. The summed E-state index contributed by atoms with van der Waals surface area (Å²) in [5, 5.41) is 7.76. The lowest BCUT2D eigenvalue weighted by atomic mass is 10.0. The first-order valence-electron chi connectivity index (χ1n) is 7.44. The van der Waals surface area contributed by atoms with Crippen LogP contribution in [0.5, 0.6) is 0 Å². The van der Waals surface area contributed by atoms with Crippen molar-refractivity contribution in [1.82, 2.24) is 15.1 Å². The Morgan fingerprint density at radius 2 is 2.05 bits per heavy atom. The predicted octanol–water partition coefficient (Wildman–Crippen LogP) is 2.60. The maximum absolute atomic E-state index is 12.0. The molecular formula is C17H23N3O. The van der Waals surface area contributed by atoms with Gasteiger partial charge in [0.2, 0.25) is 0 Å². The van der Waals surface area contributed by atoms with E-state index in [0.717, 1.165) is 18.5 Å². The molecule has 0 spiro atoms. The summed E-state index contributed by atoms with van der Waals surface area (Å²) in [5.74, 6) is 0. The van der Waals surface area contributed by atoms with E-state index in [0.29, 0.717) is 6.54 Å². The number of hydrogen-bond donors (Lipinski definition) is 1.